The molecule has 20 heavy (non-hydrogen) atoms. The molecule has 0 amide bonds. The summed E-state index contributed by atoms with van der Waals surface area (Å²) in [6.07, 6.45) is 0.702. The first-order valence-electron chi connectivity index (χ1n) is 6.24. The fourth-order valence-corrected chi connectivity index (χ4v) is 3.00. The molecule has 0 fully saturated rings. The molecule has 0 heterocycles. The molecule has 0 radical (unpaired) electrons. The highest BCUT2D eigenvalue weighted by atomic mass is 79.9. The van der Waals surface area contributed by atoms with Crippen LogP contribution < -0.4 is 4.74 Å². The summed E-state index contributed by atoms with van der Waals surface area (Å²) in [6, 6.07) is 11.8. The molecule has 2 aromatic rings. The fourth-order valence-electron chi connectivity index (χ4n) is 2.07. The van der Waals surface area contributed by atoms with Gasteiger partial charge in [0.25, 0.3) is 0 Å². The van der Waals surface area contributed by atoms with Crippen LogP contribution in [0.25, 0.3) is 0 Å². The number of ether oxygens (including phenoxy) is 1. The highest BCUT2D eigenvalue weighted by Gasteiger charge is 2.16. The maximum Gasteiger partial charge on any atom is 0.123 e. The third-order valence-corrected chi connectivity index (χ3v) is 4.63. The smallest absolute Gasteiger partial charge is 0.123 e. The molecule has 2 rings (SSSR count). The Labute approximate surface area is 138 Å². The Morgan fingerprint density at radius 2 is 2.00 bits per heavy atom. The van der Waals surface area contributed by atoms with Gasteiger partial charge in [-0.05, 0) is 48.7 Å². The number of benzene rings is 2. The monoisotopic (exact) mass is 372 g/mol. The zero-order valence-corrected chi connectivity index (χ0v) is 14.4. The lowest BCUT2D eigenvalue weighted by atomic mass is 10.0. The van der Waals surface area contributed by atoms with Gasteiger partial charge in [0.15, 0.2) is 0 Å². The largest absolute Gasteiger partial charge is 0.496 e. The predicted octanol–water partition coefficient (Wildman–Crippen LogP) is 5.94. The van der Waals surface area contributed by atoms with E-state index in [-0.39, 0.29) is 5.38 Å². The van der Waals surface area contributed by atoms with E-state index in [0.717, 1.165) is 31.9 Å². The van der Waals surface area contributed by atoms with Crippen molar-refractivity contribution in [2.75, 3.05) is 7.11 Å². The highest BCUT2D eigenvalue weighted by molar-refractivity contribution is 9.10. The summed E-state index contributed by atoms with van der Waals surface area (Å²) in [5.41, 5.74) is 3.21. The zero-order chi connectivity index (χ0) is 14.7. The molecule has 0 aromatic heterocycles. The highest BCUT2D eigenvalue weighted by Crippen LogP contribution is 2.36. The van der Waals surface area contributed by atoms with Crippen molar-refractivity contribution in [1.82, 2.24) is 0 Å². The summed E-state index contributed by atoms with van der Waals surface area (Å²) >= 11 is 16.1. The first-order chi connectivity index (χ1) is 9.51. The third-order valence-electron chi connectivity index (χ3n) is 3.15. The minimum Gasteiger partial charge on any atom is -0.496 e. The van der Waals surface area contributed by atoms with Crippen molar-refractivity contribution in [3.05, 3.63) is 62.6 Å². The Morgan fingerprint density at radius 1 is 1.25 bits per heavy atom. The summed E-state index contributed by atoms with van der Waals surface area (Å²) in [7, 11) is 1.66. The minimum atomic E-state index is -0.166. The Hall–Kier alpha value is -0.700. The second-order valence-electron chi connectivity index (χ2n) is 4.64. The van der Waals surface area contributed by atoms with Crippen molar-refractivity contribution >= 4 is 39.1 Å². The molecule has 0 aliphatic rings. The SMILES string of the molecule is COc1cc(C)c(Br)cc1C(Cl)Cc1cccc(Cl)c1. The molecular formula is C16H15BrCl2O. The van der Waals surface area contributed by atoms with Crippen LogP contribution in [0.4, 0.5) is 0 Å². The number of aryl methyl sites for hydroxylation is 1. The molecule has 2 aromatic carbocycles. The van der Waals surface area contributed by atoms with Crippen LogP contribution in [0.15, 0.2) is 40.9 Å². The lowest BCUT2D eigenvalue weighted by Crippen LogP contribution is -2.00. The second kappa shape index (κ2) is 6.84. The van der Waals surface area contributed by atoms with E-state index in [1.165, 1.54) is 0 Å². The molecule has 0 saturated carbocycles. The molecule has 0 bridgehead atoms. The van der Waals surface area contributed by atoms with Crippen LogP contribution in [-0.2, 0) is 6.42 Å². The van der Waals surface area contributed by atoms with Crippen molar-refractivity contribution in [3.63, 3.8) is 0 Å². The van der Waals surface area contributed by atoms with Gasteiger partial charge in [-0.15, -0.1) is 11.6 Å². The molecule has 1 unspecified atom stereocenters. The van der Waals surface area contributed by atoms with E-state index in [2.05, 4.69) is 15.9 Å². The molecule has 1 atom stereocenters. The first-order valence-corrected chi connectivity index (χ1v) is 7.84. The van der Waals surface area contributed by atoms with E-state index in [1.807, 2.05) is 43.3 Å². The second-order valence-corrected chi connectivity index (χ2v) is 6.46. The molecule has 4 heteroatoms. The van der Waals surface area contributed by atoms with Gasteiger partial charge >= 0.3 is 0 Å². The van der Waals surface area contributed by atoms with E-state index < -0.39 is 0 Å². The van der Waals surface area contributed by atoms with E-state index in [4.69, 9.17) is 27.9 Å². The molecule has 0 spiro atoms. The zero-order valence-electron chi connectivity index (χ0n) is 11.3. The van der Waals surface area contributed by atoms with Crippen molar-refractivity contribution in [3.8, 4) is 5.75 Å². The Kier molecular flexibility index (Phi) is 5.36. The molecule has 0 saturated heterocycles. The minimum absolute atomic E-state index is 0.166. The molecule has 0 N–H and O–H groups in total. The Balaban J connectivity index is 2.29. The van der Waals surface area contributed by atoms with Gasteiger partial charge in [-0.1, -0.05) is 39.7 Å². The van der Waals surface area contributed by atoms with Gasteiger partial charge in [0.2, 0.25) is 0 Å². The van der Waals surface area contributed by atoms with Gasteiger partial charge in [-0.2, -0.15) is 0 Å². The van der Waals surface area contributed by atoms with Gasteiger partial charge in [-0.25, -0.2) is 0 Å². The summed E-state index contributed by atoms with van der Waals surface area (Å²) in [5.74, 6) is 0.813. The lowest BCUT2D eigenvalue weighted by Gasteiger charge is -2.16. The number of halogens is 3. The van der Waals surface area contributed by atoms with E-state index in [9.17, 15) is 0 Å². The van der Waals surface area contributed by atoms with Gasteiger partial charge in [0, 0.05) is 15.1 Å². The van der Waals surface area contributed by atoms with Gasteiger partial charge < -0.3 is 4.74 Å². The van der Waals surface area contributed by atoms with Crippen LogP contribution in [0.3, 0.4) is 0 Å². The van der Waals surface area contributed by atoms with Crippen molar-refractivity contribution in [1.29, 1.82) is 0 Å². The van der Waals surface area contributed by atoms with Crippen molar-refractivity contribution in [2.24, 2.45) is 0 Å². The number of hydrogen-bond acceptors (Lipinski definition) is 1. The Bertz CT molecular complexity index is 613. The molecule has 0 aliphatic heterocycles. The summed E-state index contributed by atoms with van der Waals surface area (Å²) in [6.45, 7) is 2.02. The van der Waals surface area contributed by atoms with Crippen LogP contribution in [0.2, 0.25) is 5.02 Å². The average Bonchev–Trinajstić information content (AvgIpc) is 2.41. The fraction of sp³-hybridized carbons (Fsp3) is 0.250. The molecule has 106 valence electrons. The summed E-state index contributed by atoms with van der Waals surface area (Å²) < 4.78 is 6.46. The predicted molar refractivity (Wildman–Crippen MR) is 89.2 cm³/mol. The number of alkyl halides is 1. The first kappa shape index (κ1) is 15.7. The van der Waals surface area contributed by atoms with E-state index in [1.54, 1.807) is 7.11 Å². The number of hydrogen-bond donors (Lipinski definition) is 0. The molecule has 1 nitrogen and oxygen atoms in total. The Morgan fingerprint density at radius 3 is 2.65 bits per heavy atom. The average molecular weight is 374 g/mol. The maximum absolute atomic E-state index is 6.56. The third kappa shape index (κ3) is 3.69. The lowest BCUT2D eigenvalue weighted by molar-refractivity contribution is 0.408. The number of methoxy groups -OCH3 is 1. The summed E-state index contributed by atoms with van der Waals surface area (Å²) in [5, 5.41) is 0.559. The van der Waals surface area contributed by atoms with E-state index >= 15 is 0 Å². The quantitative estimate of drug-likeness (QED) is 0.602. The topological polar surface area (TPSA) is 9.23 Å². The van der Waals surface area contributed by atoms with Crippen LogP contribution in [0.5, 0.6) is 5.75 Å². The van der Waals surface area contributed by atoms with Crippen LogP contribution in [0.1, 0.15) is 22.1 Å². The normalized spacial score (nSPS) is 12.2. The van der Waals surface area contributed by atoms with Crippen LogP contribution in [-0.4, -0.2) is 7.11 Å². The van der Waals surface area contributed by atoms with Gasteiger partial charge in [0.05, 0.1) is 12.5 Å². The van der Waals surface area contributed by atoms with Gasteiger partial charge in [-0.3, -0.25) is 0 Å². The standard InChI is InChI=1S/C16H15BrCl2O/c1-10-6-16(20-2)13(9-14(10)17)15(19)8-11-4-3-5-12(18)7-11/h3-7,9,15H,8H2,1-2H3. The maximum atomic E-state index is 6.56. The van der Waals surface area contributed by atoms with Crippen LogP contribution >= 0.6 is 39.1 Å². The van der Waals surface area contributed by atoms with Crippen molar-refractivity contribution < 1.29 is 4.74 Å². The molecular weight excluding hydrogens is 359 g/mol. The summed E-state index contributed by atoms with van der Waals surface area (Å²) in [4.78, 5) is 0. The van der Waals surface area contributed by atoms with Gasteiger partial charge in [0.1, 0.15) is 5.75 Å². The van der Waals surface area contributed by atoms with Crippen molar-refractivity contribution in [2.45, 2.75) is 18.7 Å². The van der Waals surface area contributed by atoms with E-state index in [0.29, 0.717) is 6.42 Å². The van der Waals surface area contributed by atoms with Crippen LogP contribution in [0, 0.1) is 6.92 Å². The number of rotatable bonds is 4. The molecule has 0 aliphatic carbocycles.